The number of alkyl carbamates (subject to hydrolysis) is 1. The molecule has 0 spiro atoms. The van der Waals surface area contributed by atoms with Crippen molar-refractivity contribution >= 4 is 34.4 Å². The largest absolute Gasteiger partial charge is 0.444 e. The molecule has 0 aliphatic heterocycles. The van der Waals surface area contributed by atoms with E-state index in [1.165, 1.54) is 0 Å². The third-order valence-corrected chi connectivity index (χ3v) is 6.11. The molecule has 3 rings (SSSR count). The van der Waals surface area contributed by atoms with Crippen LogP contribution in [0.1, 0.15) is 64.3 Å². The number of hydrogen-bond acceptors (Lipinski definition) is 4. The number of aryl methyl sites for hydroxylation is 2. The van der Waals surface area contributed by atoms with E-state index >= 15 is 0 Å². The molecule has 1 atom stereocenters. The highest BCUT2D eigenvalue weighted by atomic mass is 16.6. The predicted molar refractivity (Wildman–Crippen MR) is 152 cm³/mol. The summed E-state index contributed by atoms with van der Waals surface area (Å²) in [5.41, 5.74) is 1.74. The molecule has 0 saturated heterocycles. The SMILES string of the molecule is Cc1cccc(C)c1C(C(=O)Nc1ccc2ccccc2c1)N(C(=O)CNC(=O)OC(C)(C)C)C(C)(C)C. The standard InChI is InChI=1S/C31H39N3O4/c1-20-12-11-13-21(2)26(20)27(28(36)33-24-17-16-22-14-9-10-15-23(22)18-24)34(30(3,4)5)25(35)19-32-29(37)38-31(6,7)8/h9-18,27H,19H2,1-8H3,(H,32,37)(H,33,36). The van der Waals surface area contributed by atoms with E-state index in [1.54, 1.807) is 25.7 Å². The van der Waals surface area contributed by atoms with Gasteiger partial charge in [-0.25, -0.2) is 4.79 Å². The minimum absolute atomic E-state index is 0.309. The molecule has 0 radical (unpaired) electrons. The summed E-state index contributed by atoms with van der Waals surface area (Å²) in [7, 11) is 0. The fraction of sp³-hybridized carbons (Fsp3) is 0.387. The van der Waals surface area contributed by atoms with Crippen molar-refractivity contribution in [1.29, 1.82) is 0 Å². The van der Waals surface area contributed by atoms with Crippen LogP contribution in [0.15, 0.2) is 60.7 Å². The second kappa shape index (κ2) is 11.3. The number of fused-ring (bicyclic) bond motifs is 1. The predicted octanol–water partition coefficient (Wildman–Crippen LogP) is 6.29. The number of hydrogen-bond donors (Lipinski definition) is 2. The van der Waals surface area contributed by atoms with E-state index in [0.29, 0.717) is 5.69 Å². The number of benzene rings is 3. The quantitative estimate of drug-likeness (QED) is 0.402. The van der Waals surface area contributed by atoms with Gasteiger partial charge in [0.1, 0.15) is 18.2 Å². The second-order valence-electron chi connectivity index (χ2n) is 11.5. The first-order valence-corrected chi connectivity index (χ1v) is 12.8. The molecular formula is C31H39N3O4. The van der Waals surface area contributed by atoms with Gasteiger partial charge in [0, 0.05) is 11.2 Å². The van der Waals surface area contributed by atoms with Gasteiger partial charge in [-0.05, 0) is 95.0 Å². The molecule has 0 bridgehead atoms. The number of nitrogens with zero attached hydrogens (tertiary/aromatic N) is 1. The van der Waals surface area contributed by atoms with Crippen molar-refractivity contribution in [2.75, 3.05) is 11.9 Å². The summed E-state index contributed by atoms with van der Waals surface area (Å²) < 4.78 is 5.30. The van der Waals surface area contributed by atoms with Crippen LogP contribution in [0.3, 0.4) is 0 Å². The van der Waals surface area contributed by atoms with E-state index in [0.717, 1.165) is 27.5 Å². The van der Waals surface area contributed by atoms with Crippen molar-refractivity contribution in [2.45, 2.75) is 72.6 Å². The minimum Gasteiger partial charge on any atom is -0.444 e. The smallest absolute Gasteiger partial charge is 0.408 e. The normalized spacial score (nSPS) is 12.5. The highest BCUT2D eigenvalue weighted by molar-refractivity contribution is 6.00. The molecule has 38 heavy (non-hydrogen) atoms. The molecular weight excluding hydrogens is 478 g/mol. The maximum Gasteiger partial charge on any atom is 0.408 e. The highest BCUT2D eigenvalue weighted by Crippen LogP contribution is 2.34. The van der Waals surface area contributed by atoms with Gasteiger partial charge in [0.05, 0.1) is 0 Å². The van der Waals surface area contributed by atoms with Crippen molar-refractivity contribution in [3.8, 4) is 0 Å². The monoisotopic (exact) mass is 517 g/mol. The summed E-state index contributed by atoms with van der Waals surface area (Å²) in [5.74, 6) is -0.733. The summed E-state index contributed by atoms with van der Waals surface area (Å²) >= 11 is 0. The van der Waals surface area contributed by atoms with Crippen LogP contribution in [0.25, 0.3) is 10.8 Å². The van der Waals surface area contributed by atoms with E-state index < -0.39 is 29.2 Å². The van der Waals surface area contributed by atoms with Gasteiger partial charge in [-0.2, -0.15) is 0 Å². The highest BCUT2D eigenvalue weighted by Gasteiger charge is 2.40. The van der Waals surface area contributed by atoms with Crippen molar-refractivity contribution in [1.82, 2.24) is 10.2 Å². The Morgan fingerprint density at radius 3 is 2.03 bits per heavy atom. The first-order chi connectivity index (χ1) is 17.7. The Hall–Kier alpha value is -3.87. The Labute approximate surface area is 225 Å². The van der Waals surface area contributed by atoms with Crippen molar-refractivity contribution in [2.24, 2.45) is 0 Å². The Morgan fingerprint density at radius 1 is 0.842 bits per heavy atom. The lowest BCUT2D eigenvalue weighted by molar-refractivity contribution is -0.144. The molecule has 0 aliphatic rings. The van der Waals surface area contributed by atoms with Crippen LogP contribution in [0.2, 0.25) is 0 Å². The van der Waals surface area contributed by atoms with E-state index in [4.69, 9.17) is 4.74 Å². The van der Waals surface area contributed by atoms with Crippen LogP contribution in [0.5, 0.6) is 0 Å². The maximum atomic E-state index is 14.1. The molecule has 7 heteroatoms. The van der Waals surface area contributed by atoms with Gasteiger partial charge in [-0.3, -0.25) is 9.59 Å². The topological polar surface area (TPSA) is 87.7 Å². The molecule has 3 amide bonds. The van der Waals surface area contributed by atoms with Gasteiger partial charge in [-0.1, -0.05) is 48.5 Å². The Balaban J connectivity index is 2.01. The average Bonchev–Trinajstić information content (AvgIpc) is 2.80. The molecule has 202 valence electrons. The van der Waals surface area contributed by atoms with E-state index in [-0.39, 0.29) is 12.5 Å². The molecule has 3 aromatic carbocycles. The van der Waals surface area contributed by atoms with Gasteiger partial charge >= 0.3 is 6.09 Å². The minimum atomic E-state index is -0.935. The number of anilines is 1. The Bertz CT molecular complexity index is 1310. The molecule has 3 aromatic rings. The van der Waals surface area contributed by atoms with Crippen LogP contribution < -0.4 is 10.6 Å². The Kier molecular flexibility index (Phi) is 8.50. The van der Waals surface area contributed by atoms with Crippen LogP contribution >= 0.6 is 0 Å². The molecule has 7 nitrogen and oxygen atoms in total. The van der Waals surface area contributed by atoms with E-state index in [2.05, 4.69) is 10.6 Å². The lowest BCUT2D eigenvalue weighted by Crippen LogP contribution is -2.54. The van der Waals surface area contributed by atoms with E-state index in [9.17, 15) is 14.4 Å². The van der Waals surface area contributed by atoms with Crippen LogP contribution in [0.4, 0.5) is 10.5 Å². The van der Waals surface area contributed by atoms with Crippen LogP contribution in [-0.2, 0) is 14.3 Å². The summed E-state index contributed by atoms with van der Waals surface area (Å²) in [6.07, 6.45) is -0.691. The van der Waals surface area contributed by atoms with Crippen molar-refractivity contribution in [3.05, 3.63) is 77.4 Å². The average molecular weight is 518 g/mol. The molecule has 2 N–H and O–H groups in total. The van der Waals surface area contributed by atoms with Crippen LogP contribution in [0, 0.1) is 13.8 Å². The number of rotatable bonds is 6. The van der Waals surface area contributed by atoms with Gasteiger partial charge in [0.15, 0.2) is 0 Å². The first-order valence-electron chi connectivity index (χ1n) is 12.8. The third kappa shape index (κ3) is 7.12. The molecule has 1 unspecified atom stereocenters. The van der Waals surface area contributed by atoms with Gasteiger partial charge < -0.3 is 20.3 Å². The Morgan fingerprint density at radius 2 is 1.45 bits per heavy atom. The van der Waals surface area contributed by atoms with E-state index in [1.807, 2.05) is 95.3 Å². The van der Waals surface area contributed by atoms with Crippen LogP contribution in [-0.4, -0.2) is 40.5 Å². The number of carbonyl (C=O) groups excluding carboxylic acids is 3. The number of nitrogens with one attached hydrogen (secondary N) is 2. The zero-order chi connectivity index (χ0) is 28.3. The molecule has 0 saturated carbocycles. The fourth-order valence-electron chi connectivity index (χ4n) is 4.57. The summed E-state index contributed by atoms with van der Waals surface area (Å²) in [4.78, 5) is 41.6. The summed E-state index contributed by atoms with van der Waals surface area (Å²) in [6.45, 7) is 14.5. The summed E-state index contributed by atoms with van der Waals surface area (Å²) in [6, 6.07) is 18.5. The van der Waals surface area contributed by atoms with Crippen molar-refractivity contribution in [3.63, 3.8) is 0 Å². The third-order valence-electron chi connectivity index (χ3n) is 6.11. The molecule has 0 heterocycles. The molecule has 0 aromatic heterocycles. The molecule has 0 aliphatic carbocycles. The van der Waals surface area contributed by atoms with Crippen molar-refractivity contribution < 1.29 is 19.1 Å². The summed E-state index contributed by atoms with van der Waals surface area (Å²) in [5, 5.41) is 7.66. The number of ether oxygens (including phenoxy) is 1. The first kappa shape index (κ1) is 28.7. The zero-order valence-electron chi connectivity index (χ0n) is 23.6. The fourth-order valence-corrected chi connectivity index (χ4v) is 4.57. The van der Waals surface area contributed by atoms with Gasteiger partial charge in [0.25, 0.3) is 5.91 Å². The number of carbonyl (C=O) groups is 3. The second-order valence-corrected chi connectivity index (χ2v) is 11.5. The van der Waals surface area contributed by atoms with Gasteiger partial charge in [-0.15, -0.1) is 0 Å². The number of amides is 3. The van der Waals surface area contributed by atoms with Gasteiger partial charge in [0.2, 0.25) is 5.91 Å². The maximum absolute atomic E-state index is 14.1. The zero-order valence-corrected chi connectivity index (χ0v) is 23.6. The lowest BCUT2D eigenvalue weighted by atomic mass is 9.90. The lowest BCUT2D eigenvalue weighted by Gasteiger charge is -2.42. The molecule has 0 fully saturated rings.